The van der Waals surface area contributed by atoms with Crippen LogP contribution in [-0.4, -0.2) is 32.2 Å². The van der Waals surface area contributed by atoms with Crippen LogP contribution in [0.5, 0.6) is 11.5 Å². The molecule has 4 rings (SSSR count). The maximum Gasteiger partial charge on any atom is 0.255 e. The Balaban J connectivity index is 0.00000182. The average Bonchev–Trinajstić information content (AvgIpc) is 2.65. The number of rotatable bonds is 3. The summed E-state index contributed by atoms with van der Waals surface area (Å²) in [6, 6.07) is 13.9. The van der Waals surface area contributed by atoms with Crippen molar-refractivity contribution >= 4 is 18.3 Å². The molecule has 1 unspecified atom stereocenters. The highest BCUT2D eigenvalue weighted by atomic mass is 35.5. The SMILES string of the molecule is Cl.O=C(NCC1NCCc2ccccc21)c1cccc2c1OCCO2. The number of hydrogen-bond acceptors (Lipinski definition) is 4. The van der Waals surface area contributed by atoms with Crippen LogP contribution in [0, 0.1) is 0 Å². The van der Waals surface area contributed by atoms with E-state index in [0.717, 1.165) is 13.0 Å². The number of benzene rings is 2. The lowest BCUT2D eigenvalue weighted by Crippen LogP contribution is -2.39. The molecule has 0 spiro atoms. The minimum absolute atomic E-state index is 0. The van der Waals surface area contributed by atoms with E-state index in [1.54, 1.807) is 6.07 Å². The van der Waals surface area contributed by atoms with E-state index in [-0.39, 0.29) is 24.4 Å². The average molecular weight is 361 g/mol. The summed E-state index contributed by atoms with van der Waals surface area (Å²) in [7, 11) is 0. The van der Waals surface area contributed by atoms with Crippen LogP contribution in [0.4, 0.5) is 0 Å². The van der Waals surface area contributed by atoms with Gasteiger partial charge in [-0.2, -0.15) is 0 Å². The third kappa shape index (κ3) is 3.57. The Bertz CT molecular complexity index is 766. The Hall–Kier alpha value is -2.24. The second-order valence-electron chi connectivity index (χ2n) is 6.00. The number of para-hydroxylation sites is 1. The van der Waals surface area contributed by atoms with Crippen LogP contribution in [0.25, 0.3) is 0 Å². The van der Waals surface area contributed by atoms with Crippen LogP contribution in [0.1, 0.15) is 27.5 Å². The van der Waals surface area contributed by atoms with E-state index in [4.69, 9.17) is 9.47 Å². The Morgan fingerprint density at radius 1 is 1.12 bits per heavy atom. The Kier molecular flexibility index (Phi) is 5.46. The fraction of sp³-hybridized carbons (Fsp3) is 0.316. The van der Waals surface area contributed by atoms with Crippen molar-refractivity contribution in [3.63, 3.8) is 0 Å². The van der Waals surface area contributed by atoms with Gasteiger partial charge < -0.3 is 20.1 Å². The standard InChI is InChI=1S/C19H20N2O3.ClH/c22-19(15-6-3-7-17-18(15)24-11-10-23-17)21-12-16-14-5-2-1-4-13(14)8-9-20-16;/h1-7,16,20H,8-12H2,(H,21,22);1H. The predicted molar refractivity (Wildman–Crippen MR) is 97.9 cm³/mol. The van der Waals surface area contributed by atoms with Gasteiger partial charge >= 0.3 is 0 Å². The van der Waals surface area contributed by atoms with Gasteiger partial charge in [0.05, 0.1) is 5.56 Å². The third-order valence-electron chi connectivity index (χ3n) is 4.49. The van der Waals surface area contributed by atoms with E-state index >= 15 is 0 Å². The lowest BCUT2D eigenvalue weighted by atomic mass is 9.94. The first-order valence-corrected chi connectivity index (χ1v) is 8.31. The fourth-order valence-electron chi connectivity index (χ4n) is 3.32. The van der Waals surface area contributed by atoms with Crippen molar-refractivity contribution in [2.24, 2.45) is 0 Å². The number of hydrogen-bond donors (Lipinski definition) is 2. The van der Waals surface area contributed by atoms with E-state index in [0.29, 0.717) is 36.8 Å². The van der Waals surface area contributed by atoms with Crippen molar-refractivity contribution in [2.75, 3.05) is 26.3 Å². The molecule has 2 aliphatic heterocycles. The number of fused-ring (bicyclic) bond motifs is 2. The number of carbonyl (C=O) groups excluding carboxylic acids is 1. The summed E-state index contributed by atoms with van der Waals surface area (Å²) in [5.74, 6) is 1.04. The monoisotopic (exact) mass is 360 g/mol. The summed E-state index contributed by atoms with van der Waals surface area (Å²) < 4.78 is 11.2. The molecule has 2 heterocycles. The molecule has 25 heavy (non-hydrogen) atoms. The molecule has 0 aromatic heterocycles. The smallest absolute Gasteiger partial charge is 0.255 e. The molecule has 0 aliphatic carbocycles. The normalized spacial score (nSPS) is 17.8. The van der Waals surface area contributed by atoms with Gasteiger partial charge in [-0.05, 0) is 36.2 Å². The summed E-state index contributed by atoms with van der Waals surface area (Å²) in [5.41, 5.74) is 3.14. The molecule has 1 atom stereocenters. The maximum absolute atomic E-state index is 12.6. The van der Waals surface area contributed by atoms with Gasteiger partial charge in [0.25, 0.3) is 5.91 Å². The molecule has 0 saturated carbocycles. The third-order valence-corrected chi connectivity index (χ3v) is 4.49. The minimum atomic E-state index is -0.137. The molecule has 0 bridgehead atoms. The number of ether oxygens (including phenoxy) is 2. The number of carbonyl (C=O) groups is 1. The molecule has 5 nitrogen and oxygen atoms in total. The lowest BCUT2D eigenvalue weighted by molar-refractivity contribution is 0.0938. The van der Waals surface area contributed by atoms with Gasteiger partial charge in [-0.25, -0.2) is 0 Å². The van der Waals surface area contributed by atoms with Crippen molar-refractivity contribution < 1.29 is 14.3 Å². The molecule has 6 heteroatoms. The zero-order valence-electron chi connectivity index (χ0n) is 13.8. The van der Waals surface area contributed by atoms with Gasteiger partial charge in [0.1, 0.15) is 13.2 Å². The Morgan fingerprint density at radius 2 is 1.96 bits per heavy atom. The molecular formula is C19H21ClN2O3. The summed E-state index contributed by atoms with van der Waals surface area (Å²) in [6.45, 7) is 2.45. The van der Waals surface area contributed by atoms with Crippen LogP contribution in [-0.2, 0) is 6.42 Å². The summed E-state index contributed by atoms with van der Waals surface area (Å²) in [4.78, 5) is 12.6. The second-order valence-corrected chi connectivity index (χ2v) is 6.00. The molecule has 0 saturated heterocycles. The first-order valence-electron chi connectivity index (χ1n) is 8.31. The van der Waals surface area contributed by atoms with Crippen LogP contribution in [0.15, 0.2) is 42.5 Å². The molecule has 2 aliphatic rings. The fourth-order valence-corrected chi connectivity index (χ4v) is 3.32. The molecule has 2 aromatic carbocycles. The molecule has 2 aromatic rings. The van der Waals surface area contributed by atoms with Crippen LogP contribution in [0.2, 0.25) is 0 Å². The van der Waals surface area contributed by atoms with Crippen molar-refractivity contribution in [1.82, 2.24) is 10.6 Å². The highest BCUT2D eigenvalue weighted by Crippen LogP contribution is 2.33. The lowest BCUT2D eigenvalue weighted by Gasteiger charge is -2.27. The molecule has 132 valence electrons. The van der Waals surface area contributed by atoms with Crippen molar-refractivity contribution in [3.8, 4) is 11.5 Å². The van der Waals surface area contributed by atoms with Crippen LogP contribution < -0.4 is 20.1 Å². The summed E-state index contributed by atoms with van der Waals surface area (Å²) in [5, 5.41) is 6.50. The van der Waals surface area contributed by atoms with Gasteiger partial charge in [-0.15, -0.1) is 12.4 Å². The Morgan fingerprint density at radius 3 is 2.88 bits per heavy atom. The molecule has 1 amide bonds. The van der Waals surface area contributed by atoms with Gasteiger partial charge in [-0.1, -0.05) is 30.3 Å². The molecular weight excluding hydrogens is 340 g/mol. The number of nitrogens with one attached hydrogen (secondary N) is 2. The van der Waals surface area contributed by atoms with Gasteiger partial charge in [0.15, 0.2) is 11.5 Å². The summed E-state index contributed by atoms with van der Waals surface area (Å²) >= 11 is 0. The molecule has 2 N–H and O–H groups in total. The van der Waals surface area contributed by atoms with Crippen LogP contribution in [0.3, 0.4) is 0 Å². The van der Waals surface area contributed by atoms with Crippen LogP contribution >= 0.6 is 12.4 Å². The quantitative estimate of drug-likeness (QED) is 0.883. The maximum atomic E-state index is 12.6. The summed E-state index contributed by atoms with van der Waals surface area (Å²) in [6.07, 6.45) is 1.03. The number of halogens is 1. The van der Waals surface area contributed by atoms with Gasteiger partial charge in [0.2, 0.25) is 0 Å². The predicted octanol–water partition coefficient (Wildman–Crippen LogP) is 2.50. The minimum Gasteiger partial charge on any atom is -0.486 e. The van der Waals surface area contributed by atoms with Crippen molar-refractivity contribution in [3.05, 3.63) is 59.2 Å². The van der Waals surface area contributed by atoms with E-state index in [1.807, 2.05) is 18.2 Å². The van der Waals surface area contributed by atoms with E-state index in [1.165, 1.54) is 11.1 Å². The van der Waals surface area contributed by atoms with E-state index in [9.17, 15) is 4.79 Å². The zero-order chi connectivity index (χ0) is 16.4. The van der Waals surface area contributed by atoms with Gasteiger partial charge in [0, 0.05) is 12.6 Å². The largest absolute Gasteiger partial charge is 0.486 e. The topological polar surface area (TPSA) is 59.6 Å². The van der Waals surface area contributed by atoms with Crippen molar-refractivity contribution in [1.29, 1.82) is 0 Å². The molecule has 0 radical (unpaired) electrons. The highest BCUT2D eigenvalue weighted by molar-refractivity contribution is 5.97. The molecule has 0 fully saturated rings. The first-order chi connectivity index (χ1) is 11.8. The number of amides is 1. The highest BCUT2D eigenvalue weighted by Gasteiger charge is 2.23. The van der Waals surface area contributed by atoms with Gasteiger partial charge in [-0.3, -0.25) is 4.79 Å². The van der Waals surface area contributed by atoms with E-state index in [2.05, 4.69) is 28.8 Å². The van der Waals surface area contributed by atoms with E-state index < -0.39 is 0 Å². The first kappa shape index (κ1) is 17.6. The Labute approximate surface area is 153 Å². The second kappa shape index (κ2) is 7.76. The zero-order valence-corrected chi connectivity index (χ0v) is 14.6. The van der Waals surface area contributed by atoms with Crippen molar-refractivity contribution in [2.45, 2.75) is 12.5 Å².